The first-order valence-electron chi connectivity index (χ1n) is 10.6. The molecule has 2 aromatic carbocycles. The number of piperazine rings is 1. The van der Waals surface area contributed by atoms with Gasteiger partial charge in [0.2, 0.25) is 0 Å². The number of amides is 1. The van der Waals surface area contributed by atoms with Crippen molar-refractivity contribution in [3.8, 4) is 0 Å². The van der Waals surface area contributed by atoms with Crippen LogP contribution in [0.5, 0.6) is 0 Å². The second kappa shape index (κ2) is 11.4. The lowest BCUT2D eigenvalue weighted by atomic mass is 10.2. The van der Waals surface area contributed by atoms with Gasteiger partial charge in [-0.1, -0.05) is 42.5 Å². The number of rotatable bonds is 9. The predicted octanol–water partition coefficient (Wildman–Crippen LogP) is 3.98. The lowest BCUT2D eigenvalue weighted by Crippen LogP contribution is -2.48. The molecule has 162 valence electrons. The van der Waals surface area contributed by atoms with Crippen LogP contribution in [-0.2, 0) is 12.3 Å². The Balaban J connectivity index is 1.19. The Morgan fingerprint density at radius 2 is 1.74 bits per heavy atom. The molecule has 0 saturated carbocycles. The van der Waals surface area contributed by atoms with Gasteiger partial charge in [0.15, 0.2) is 0 Å². The zero-order valence-corrected chi connectivity index (χ0v) is 19.2. The summed E-state index contributed by atoms with van der Waals surface area (Å²) >= 11 is 3.26. The number of nitrogens with zero attached hydrogens (tertiary/aromatic N) is 3. The number of thioether (sulfide) groups is 1. The molecule has 0 bridgehead atoms. The fourth-order valence-electron chi connectivity index (χ4n) is 3.68. The Hall–Kier alpha value is -2.19. The Bertz CT molecular complexity index is 941. The highest BCUT2D eigenvalue weighted by Gasteiger charge is 2.17. The number of carbonyl (C=O) groups is 1. The summed E-state index contributed by atoms with van der Waals surface area (Å²) in [5, 5.41) is 5.16. The molecule has 0 spiro atoms. The van der Waals surface area contributed by atoms with Gasteiger partial charge in [-0.3, -0.25) is 14.6 Å². The van der Waals surface area contributed by atoms with Gasteiger partial charge < -0.3 is 5.32 Å². The van der Waals surface area contributed by atoms with E-state index in [2.05, 4.69) is 55.8 Å². The number of hydrogen-bond acceptors (Lipinski definition) is 6. The summed E-state index contributed by atoms with van der Waals surface area (Å²) in [7, 11) is 0. The van der Waals surface area contributed by atoms with E-state index in [-0.39, 0.29) is 5.91 Å². The van der Waals surface area contributed by atoms with Crippen LogP contribution >= 0.6 is 23.1 Å². The van der Waals surface area contributed by atoms with Crippen LogP contribution in [0.25, 0.3) is 0 Å². The average Bonchev–Trinajstić information content (AvgIpc) is 3.33. The quantitative estimate of drug-likeness (QED) is 0.498. The van der Waals surface area contributed by atoms with Gasteiger partial charge in [0, 0.05) is 61.8 Å². The van der Waals surface area contributed by atoms with Crippen LogP contribution in [0.2, 0.25) is 0 Å². The summed E-state index contributed by atoms with van der Waals surface area (Å²) in [4.78, 5) is 23.0. The Morgan fingerprint density at radius 1 is 1.00 bits per heavy atom. The van der Waals surface area contributed by atoms with Crippen molar-refractivity contribution < 1.29 is 4.79 Å². The monoisotopic (exact) mass is 452 g/mol. The van der Waals surface area contributed by atoms with Crippen LogP contribution in [0.3, 0.4) is 0 Å². The third-order valence-corrected chi connectivity index (χ3v) is 7.16. The van der Waals surface area contributed by atoms with E-state index < -0.39 is 0 Å². The maximum absolute atomic E-state index is 12.8. The third-order valence-electron chi connectivity index (χ3n) is 5.42. The summed E-state index contributed by atoms with van der Waals surface area (Å²) in [5.41, 5.74) is 5.01. The molecule has 2 heterocycles. The summed E-state index contributed by atoms with van der Waals surface area (Å²) in [6, 6.07) is 18.5. The smallest absolute Gasteiger partial charge is 0.252 e. The van der Waals surface area contributed by atoms with Crippen molar-refractivity contribution in [3.05, 3.63) is 82.3 Å². The molecule has 1 aliphatic rings. The highest BCUT2D eigenvalue weighted by molar-refractivity contribution is 7.98. The van der Waals surface area contributed by atoms with E-state index in [9.17, 15) is 4.79 Å². The van der Waals surface area contributed by atoms with Crippen LogP contribution in [0.15, 0.2) is 70.4 Å². The lowest BCUT2D eigenvalue weighted by Gasteiger charge is -2.34. The molecule has 1 aromatic heterocycles. The fraction of sp³-hybridized carbons (Fsp3) is 0.333. The second-order valence-electron chi connectivity index (χ2n) is 7.62. The Labute approximate surface area is 192 Å². The van der Waals surface area contributed by atoms with Crippen molar-refractivity contribution in [3.63, 3.8) is 0 Å². The van der Waals surface area contributed by atoms with Crippen molar-refractivity contribution in [1.82, 2.24) is 20.1 Å². The topological polar surface area (TPSA) is 48.5 Å². The normalized spacial score (nSPS) is 15.1. The standard InChI is InChI=1S/C24H28N4OS2/c29-24(22-8-4-5-9-23(22)31-18-21-17-30-19-26-21)25-10-11-27-12-14-28(15-13-27)16-20-6-2-1-3-7-20/h1-9,17,19H,10-16,18H2,(H,25,29). The van der Waals surface area contributed by atoms with Gasteiger partial charge in [-0.15, -0.1) is 23.1 Å². The molecule has 0 aliphatic carbocycles. The van der Waals surface area contributed by atoms with Gasteiger partial charge in [0.1, 0.15) is 0 Å². The fourth-order valence-corrected chi connectivity index (χ4v) is 5.29. The van der Waals surface area contributed by atoms with Gasteiger partial charge in [-0.05, 0) is 17.7 Å². The molecule has 5 nitrogen and oxygen atoms in total. The minimum absolute atomic E-state index is 0.00379. The molecule has 7 heteroatoms. The first-order chi connectivity index (χ1) is 15.3. The van der Waals surface area contributed by atoms with Crippen molar-refractivity contribution >= 4 is 29.0 Å². The van der Waals surface area contributed by atoms with Gasteiger partial charge in [0.25, 0.3) is 5.91 Å². The van der Waals surface area contributed by atoms with Crippen molar-refractivity contribution in [2.45, 2.75) is 17.2 Å². The van der Waals surface area contributed by atoms with Gasteiger partial charge in [-0.25, -0.2) is 4.98 Å². The van der Waals surface area contributed by atoms with Crippen LogP contribution in [0, 0.1) is 0 Å². The van der Waals surface area contributed by atoms with Crippen molar-refractivity contribution in [2.24, 2.45) is 0 Å². The van der Waals surface area contributed by atoms with Crippen molar-refractivity contribution in [2.75, 3.05) is 39.3 Å². The molecule has 0 radical (unpaired) electrons. The molecule has 4 rings (SSSR count). The van der Waals surface area contributed by atoms with Crippen LogP contribution in [-0.4, -0.2) is 60.0 Å². The van der Waals surface area contributed by atoms with Crippen molar-refractivity contribution in [1.29, 1.82) is 0 Å². The highest BCUT2D eigenvalue weighted by atomic mass is 32.2. The van der Waals surface area contributed by atoms with Gasteiger partial charge in [0.05, 0.1) is 16.8 Å². The third kappa shape index (κ3) is 6.64. The molecule has 1 aliphatic heterocycles. The second-order valence-corrected chi connectivity index (χ2v) is 9.36. The molecule has 1 fully saturated rings. The molecule has 1 amide bonds. The number of benzene rings is 2. The van der Waals surface area contributed by atoms with E-state index in [0.717, 1.165) is 61.2 Å². The van der Waals surface area contributed by atoms with Gasteiger partial charge in [-0.2, -0.15) is 0 Å². The van der Waals surface area contributed by atoms with E-state index >= 15 is 0 Å². The van der Waals surface area contributed by atoms with E-state index in [0.29, 0.717) is 6.54 Å². The van der Waals surface area contributed by atoms with E-state index in [1.165, 1.54) is 5.56 Å². The van der Waals surface area contributed by atoms with E-state index in [1.807, 2.05) is 29.8 Å². The number of thiazole rings is 1. The molecular formula is C24H28N4OS2. The largest absolute Gasteiger partial charge is 0.351 e. The summed E-state index contributed by atoms with van der Waals surface area (Å²) < 4.78 is 0. The summed E-state index contributed by atoms with van der Waals surface area (Å²) in [6.45, 7) is 6.80. The molecular weight excluding hydrogens is 424 g/mol. The molecule has 0 unspecified atom stereocenters. The van der Waals surface area contributed by atoms with E-state index in [1.54, 1.807) is 23.1 Å². The first kappa shape index (κ1) is 22.0. The van der Waals surface area contributed by atoms with E-state index in [4.69, 9.17) is 0 Å². The maximum Gasteiger partial charge on any atom is 0.252 e. The minimum atomic E-state index is 0.00379. The molecule has 0 atom stereocenters. The maximum atomic E-state index is 12.8. The number of nitrogens with one attached hydrogen (secondary N) is 1. The number of carbonyl (C=O) groups excluding carboxylic acids is 1. The number of hydrogen-bond donors (Lipinski definition) is 1. The SMILES string of the molecule is O=C(NCCN1CCN(Cc2ccccc2)CC1)c1ccccc1SCc1cscn1. The highest BCUT2D eigenvalue weighted by Crippen LogP contribution is 2.26. The molecule has 3 aromatic rings. The zero-order valence-electron chi connectivity index (χ0n) is 17.6. The molecule has 31 heavy (non-hydrogen) atoms. The van der Waals surface area contributed by atoms with Crippen LogP contribution in [0.1, 0.15) is 21.6 Å². The van der Waals surface area contributed by atoms with Gasteiger partial charge >= 0.3 is 0 Å². The Kier molecular flexibility index (Phi) is 8.12. The minimum Gasteiger partial charge on any atom is -0.351 e. The molecule has 1 saturated heterocycles. The zero-order chi connectivity index (χ0) is 21.3. The van der Waals surface area contributed by atoms with Crippen LogP contribution < -0.4 is 5.32 Å². The average molecular weight is 453 g/mol. The summed E-state index contributed by atoms with van der Waals surface area (Å²) in [6.07, 6.45) is 0. The first-order valence-corrected chi connectivity index (χ1v) is 12.6. The number of aromatic nitrogens is 1. The predicted molar refractivity (Wildman–Crippen MR) is 129 cm³/mol. The lowest BCUT2D eigenvalue weighted by molar-refractivity contribution is 0.0931. The Morgan fingerprint density at radius 3 is 2.52 bits per heavy atom. The summed E-state index contributed by atoms with van der Waals surface area (Å²) in [5.74, 6) is 0.783. The molecule has 1 N–H and O–H groups in total. The van der Waals surface area contributed by atoms with Crippen LogP contribution in [0.4, 0.5) is 0 Å².